The van der Waals surface area contributed by atoms with Gasteiger partial charge in [-0.3, -0.25) is 14.5 Å². The fraction of sp³-hybridized carbons (Fsp3) is 0.412. The average Bonchev–Trinajstić information content (AvgIpc) is 3.13. The molecule has 4 rings (SSSR count). The SMILES string of the molecule is O=C1[C@@H]2[C@@H](C(=O)N1CCc1ccccc1)[C@H]1C=C[C@H]2C1. The summed E-state index contributed by atoms with van der Waals surface area (Å²) in [5.41, 5.74) is 1.17. The Kier molecular flexibility index (Phi) is 2.56. The number of hydrogen-bond acceptors (Lipinski definition) is 2. The quantitative estimate of drug-likeness (QED) is 0.621. The molecule has 1 aliphatic heterocycles. The van der Waals surface area contributed by atoms with Crippen molar-refractivity contribution in [2.24, 2.45) is 23.7 Å². The maximum Gasteiger partial charge on any atom is 0.233 e. The number of likely N-dealkylation sites (tertiary alicyclic amines) is 1. The number of nitrogens with zero attached hydrogens (tertiary/aromatic N) is 1. The van der Waals surface area contributed by atoms with Crippen molar-refractivity contribution in [3.63, 3.8) is 0 Å². The molecule has 2 aliphatic carbocycles. The zero-order valence-electron chi connectivity index (χ0n) is 11.2. The van der Waals surface area contributed by atoms with Crippen LogP contribution in [0, 0.1) is 23.7 Å². The number of allylic oxidation sites excluding steroid dienone is 2. The first-order valence-electron chi connectivity index (χ1n) is 7.33. The Morgan fingerprint density at radius 1 is 0.950 bits per heavy atom. The van der Waals surface area contributed by atoms with Gasteiger partial charge in [0.25, 0.3) is 0 Å². The van der Waals surface area contributed by atoms with E-state index in [4.69, 9.17) is 0 Å². The molecule has 0 aromatic heterocycles. The zero-order valence-corrected chi connectivity index (χ0v) is 11.2. The molecule has 102 valence electrons. The minimum absolute atomic E-state index is 0.0618. The number of fused-ring (bicyclic) bond motifs is 5. The van der Waals surface area contributed by atoms with E-state index in [0.29, 0.717) is 18.4 Å². The smallest absolute Gasteiger partial charge is 0.233 e. The number of carbonyl (C=O) groups is 2. The lowest BCUT2D eigenvalue weighted by Gasteiger charge is -2.17. The molecule has 0 spiro atoms. The Labute approximate surface area is 118 Å². The van der Waals surface area contributed by atoms with Gasteiger partial charge in [-0.05, 0) is 30.2 Å². The van der Waals surface area contributed by atoms with E-state index in [-0.39, 0.29) is 23.7 Å². The normalized spacial score (nSPS) is 34.1. The van der Waals surface area contributed by atoms with Crippen LogP contribution in [0.5, 0.6) is 0 Å². The lowest BCUT2D eigenvalue weighted by Crippen LogP contribution is -2.34. The first-order valence-corrected chi connectivity index (χ1v) is 7.33. The number of imide groups is 1. The Morgan fingerprint density at radius 2 is 1.55 bits per heavy atom. The van der Waals surface area contributed by atoms with Crippen molar-refractivity contribution in [3.8, 4) is 0 Å². The molecule has 0 N–H and O–H groups in total. The van der Waals surface area contributed by atoms with E-state index < -0.39 is 0 Å². The summed E-state index contributed by atoms with van der Waals surface area (Å²) in [5.74, 6) is 0.619. The van der Waals surface area contributed by atoms with E-state index in [1.807, 2.05) is 30.3 Å². The molecular weight excluding hydrogens is 250 g/mol. The number of benzene rings is 1. The summed E-state index contributed by atoms with van der Waals surface area (Å²) in [5, 5.41) is 0. The third-order valence-electron chi connectivity index (χ3n) is 5.03. The second-order valence-electron chi connectivity index (χ2n) is 6.06. The van der Waals surface area contributed by atoms with Gasteiger partial charge in [-0.15, -0.1) is 0 Å². The van der Waals surface area contributed by atoms with Crippen LogP contribution in [0.2, 0.25) is 0 Å². The lowest BCUT2D eigenvalue weighted by molar-refractivity contribution is -0.140. The summed E-state index contributed by atoms with van der Waals surface area (Å²) in [6, 6.07) is 10.0. The van der Waals surface area contributed by atoms with Gasteiger partial charge >= 0.3 is 0 Å². The second kappa shape index (κ2) is 4.30. The molecule has 1 heterocycles. The van der Waals surface area contributed by atoms with Gasteiger partial charge in [-0.1, -0.05) is 42.5 Å². The van der Waals surface area contributed by atoms with Crippen LogP contribution < -0.4 is 0 Å². The summed E-state index contributed by atoms with van der Waals surface area (Å²) >= 11 is 0. The van der Waals surface area contributed by atoms with E-state index in [9.17, 15) is 9.59 Å². The molecule has 1 saturated heterocycles. The van der Waals surface area contributed by atoms with E-state index in [2.05, 4.69) is 12.2 Å². The van der Waals surface area contributed by atoms with Crippen molar-refractivity contribution < 1.29 is 9.59 Å². The predicted molar refractivity (Wildman–Crippen MR) is 74.6 cm³/mol. The van der Waals surface area contributed by atoms with Crippen LogP contribution in [0.25, 0.3) is 0 Å². The van der Waals surface area contributed by atoms with Gasteiger partial charge in [-0.25, -0.2) is 0 Å². The molecule has 0 radical (unpaired) electrons. The summed E-state index contributed by atoms with van der Waals surface area (Å²) in [7, 11) is 0. The van der Waals surface area contributed by atoms with Crippen LogP contribution in [-0.4, -0.2) is 23.3 Å². The highest BCUT2D eigenvalue weighted by atomic mass is 16.2. The maximum absolute atomic E-state index is 12.5. The fourth-order valence-electron chi connectivity index (χ4n) is 4.07. The number of rotatable bonds is 3. The van der Waals surface area contributed by atoms with Gasteiger partial charge in [0, 0.05) is 6.54 Å². The Hall–Kier alpha value is -1.90. The van der Waals surface area contributed by atoms with Gasteiger partial charge in [0.1, 0.15) is 0 Å². The molecular formula is C17H17NO2. The minimum atomic E-state index is -0.0618. The Balaban J connectivity index is 1.51. The monoisotopic (exact) mass is 267 g/mol. The molecule has 3 aliphatic rings. The van der Waals surface area contributed by atoms with Crippen molar-refractivity contribution >= 4 is 11.8 Å². The number of carbonyl (C=O) groups excluding carboxylic acids is 2. The third-order valence-corrected chi connectivity index (χ3v) is 5.03. The summed E-state index contributed by atoms with van der Waals surface area (Å²) in [6.07, 6.45) is 6.02. The summed E-state index contributed by atoms with van der Waals surface area (Å²) in [6.45, 7) is 0.522. The molecule has 1 aromatic carbocycles. The van der Waals surface area contributed by atoms with Crippen LogP contribution in [0.15, 0.2) is 42.5 Å². The van der Waals surface area contributed by atoms with Gasteiger partial charge in [-0.2, -0.15) is 0 Å². The number of hydrogen-bond donors (Lipinski definition) is 0. The van der Waals surface area contributed by atoms with Crippen LogP contribution in [0.3, 0.4) is 0 Å². The molecule has 2 amide bonds. The summed E-state index contributed by atoms with van der Waals surface area (Å²) < 4.78 is 0. The average molecular weight is 267 g/mol. The van der Waals surface area contributed by atoms with Crippen molar-refractivity contribution in [1.29, 1.82) is 0 Å². The third kappa shape index (κ3) is 1.59. The summed E-state index contributed by atoms with van der Waals surface area (Å²) in [4.78, 5) is 26.5. The van der Waals surface area contributed by atoms with E-state index >= 15 is 0 Å². The zero-order chi connectivity index (χ0) is 13.7. The highest BCUT2D eigenvalue weighted by Crippen LogP contribution is 2.52. The van der Waals surface area contributed by atoms with Crippen LogP contribution in [0.4, 0.5) is 0 Å². The first kappa shape index (κ1) is 11.9. The molecule has 2 fully saturated rings. The fourth-order valence-corrected chi connectivity index (χ4v) is 4.07. The van der Waals surface area contributed by atoms with Crippen molar-refractivity contribution in [2.75, 3.05) is 6.54 Å². The molecule has 1 saturated carbocycles. The molecule has 3 heteroatoms. The van der Waals surface area contributed by atoms with Crippen molar-refractivity contribution in [1.82, 2.24) is 4.90 Å². The van der Waals surface area contributed by atoms with Crippen LogP contribution in [0.1, 0.15) is 12.0 Å². The van der Waals surface area contributed by atoms with Gasteiger partial charge < -0.3 is 0 Å². The minimum Gasteiger partial charge on any atom is -0.282 e. The topological polar surface area (TPSA) is 37.4 Å². The van der Waals surface area contributed by atoms with Gasteiger partial charge in [0.15, 0.2) is 0 Å². The van der Waals surface area contributed by atoms with E-state index in [1.54, 1.807) is 0 Å². The highest BCUT2D eigenvalue weighted by molar-refractivity contribution is 6.06. The molecule has 2 bridgehead atoms. The predicted octanol–water partition coefficient (Wildman–Crippen LogP) is 2.04. The Bertz CT molecular complexity index is 562. The molecule has 3 nitrogen and oxygen atoms in total. The lowest BCUT2D eigenvalue weighted by atomic mass is 9.85. The molecule has 0 unspecified atom stereocenters. The van der Waals surface area contributed by atoms with Crippen LogP contribution in [-0.2, 0) is 16.0 Å². The maximum atomic E-state index is 12.5. The highest BCUT2D eigenvalue weighted by Gasteiger charge is 2.58. The largest absolute Gasteiger partial charge is 0.282 e. The van der Waals surface area contributed by atoms with Gasteiger partial charge in [0.2, 0.25) is 11.8 Å². The van der Waals surface area contributed by atoms with Crippen molar-refractivity contribution in [2.45, 2.75) is 12.8 Å². The Morgan fingerprint density at radius 3 is 2.15 bits per heavy atom. The molecule has 1 aromatic rings. The first-order chi connectivity index (χ1) is 9.75. The molecule has 20 heavy (non-hydrogen) atoms. The standard InChI is InChI=1S/C17H17NO2/c19-16-14-12-6-7-13(10-12)15(14)17(20)18(16)9-8-11-4-2-1-3-5-11/h1-7,12-15H,8-10H2/t12-,13-,14-,15-/m0/s1. The second-order valence-corrected chi connectivity index (χ2v) is 6.06. The number of amides is 2. The van der Waals surface area contributed by atoms with Gasteiger partial charge in [0.05, 0.1) is 11.8 Å². The van der Waals surface area contributed by atoms with E-state index in [1.165, 1.54) is 10.5 Å². The van der Waals surface area contributed by atoms with Crippen molar-refractivity contribution in [3.05, 3.63) is 48.0 Å². The van der Waals surface area contributed by atoms with E-state index in [0.717, 1.165) is 12.8 Å². The molecule has 4 atom stereocenters. The van der Waals surface area contributed by atoms with Crippen LogP contribution >= 0.6 is 0 Å².